The highest BCUT2D eigenvalue weighted by Gasteiger charge is 2.29. The summed E-state index contributed by atoms with van der Waals surface area (Å²) in [6, 6.07) is 7.97. The number of piperidine rings is 1. The van der Waals surface area contributed by atoms with Crippen LogP contribution in [0.25, 0.3) is 16.6 Å². The van der Waals surface area contributed by atoms with Crippen molar-refractivity contribution in [2.75, 3.05) is 32.5 Å². The highest BCUT2D eigenvalue weighted by molar-refractivity contribution is 5.83. The lowest BCUT2D eigenvalue weighted by Gasteiger charge is -2.32. The first kappa shape index (κ1) is 23.3. The maximum Gasteiger partial charge on any atom is 0.241 e. The molecule has 4 rings (SSSR count). The number of aromatic nitrogens is 3. The molecule has 2 aromatic heterocycles. The average molecular weight is 452 g/mol. The second-order valence-electron chi connectivity index (χ2n) is 10.3. The van der Waals surface area contributed by atoms with Crippen LogP contribution in [0.2, 0.25) is 0 Å². The zero-order valence-corrected chi connectivity index (χ0v) is 20.4. The van der Waals surface area contributed by atoms with Crippen molar-refractivity contribution in [3.8, 4) is 11.1 Å². The van der Waals surface area contributed by atoms with Crippen molar-refractivity contribution in [2.24, 2.45) is 15.6 Å². The number of benzene rings is 1. The zero-order chi connectivity index (χ0) is 23.8. The summed E-state index contributed by atoms with van der Waals surface area (Å²) in [5, 5.41) is 16.1. The summed E-state index contributed by atoms with van der Waals surface area (Å²) in [5.74, 6) is 0.482. The Morgan fingerprint density at radius 2 is 2.03 bits per heavy atom. The molecule has 1 saturated heterocycles. The summed E-state index contributed by atoms with van der Waals surface area (Å²) in [5.41, 5.74) is 6.06. The molecule has 0 bridgehead atoms. The largest absolute Gasteiger partial charge is 0.347 e. The molecule has 3 aromatic rings. The number of alkyl halides is 1. The van der Waals surface area contributed by atoms with Crippen LogP contribution in [0.4, 0.5) is 16.0 Å². The number of fused-ring (bicyclic) bond motifs is 1. The second kappa shape index (κ2) is 9.17. The first-order valence-electron chi connectivity index (χ1n) is 11.5. The molecule has 1 aromatic carbocycles. The fourth-order valence-electron chi connectivity index (χ4n) is 4.45. The van der Waals surface area contributed by atoms with E-state index in [1.807, 2.05) is 35.6 Å². The van der Waals surface area contributed by atoms with Gasteiger partial charge in [-0.15, -0.1) is 5.10 Å². The van der Waals surface area contributed by atoms with Gasteiger partial charge < -0.3 is 10.2 Å². The Balaban J connectivity index is 1.76. The van der Waals surface area contributed by atoms with Crippen molar-refractivity contribution >= 4 is 17.2 Å². The molecule has 1 aliphatic rings. The molecule has 1 N–H and O–H groups in total. The van der Waals surface area contributed by atoms with Crippen LogP contribution in [0.1, 0.15) is 38.4 Å². The van der Waals surface area contributed by atoms with Gasteiger partial charge in [-0.2, -0.15) is 10.2 Å². The highest BCUT2D eigenvalue weighted by atomic mass is 19.1. The number of likely N-dealkylation sites (tertiary alicyclic amines) is 1. The van der Waals surface area contributed by atoms with Crippen molar-refractivity contribution in [3.63, 3.8) is 0 Å². The summed E-state index contributed by atoms with van der Waals surface area (Å²) in [4.78, 5) is 6.92. The van der Waals surface area contributed by atoms with E-state index in [9.17, 15) is 4.39 Å². The smallest absolute Gasteiger partial charge is 0.241 e. The average Bonchev–Trinajstić information content (AvgIpc) is 3.15. The Bertz CT molecular complexity index is 1160. The van der Waals surface area contributed by atoms with E-state index in [2.05, 4.69) is 54.5 Å². The first-order chi connectivity index (χ1) is 15.6. The number of nitrogens with one attached hydrogen (secondary N) is 1. The third-order valence-electron chi connectivity index (χ3n) is 6.06. The number of anilines is 1. The zero-order valence-electron chi connectivity index (χ0n) is 20.4. The van der Waals surface area contributed by atoms with Gasteiger partial charge in [-0.1, -0.05) is 26.8 Å². The van der Waals surface area contributed by atoms with Crippen LogP contribution in [0.15, 0.2) is 40.7 Å². The van der Waals surface area contributed by atoms with Crippen LogP contribution >= 0.6 is 0 Å². The predicted octanol–water partition coefficient (Wildman–Crippen LogP) is 5.46. The number of nitrogens with zero attached hydrogens (tertiary/aromatic N) is 6. The topological polar surface area (TPSA) is 70.2 Å². The molecule has 0 aliphatic carbocycles. The van der Waals surface area contributed by atoms with Gasteiger partial charge in [-0.05, 0) is 61.6 Å². The molecule has 2 atom stereocenters. The lowest BCUT2D eigenvalue weighted by Crippen LogP contribution is -2.46. The fourth-order valence-corrected chi connectivity index (χ4v) is 4.45. The third kappa shape index (κ3) is 5.21. The summed E-state index contributed by atoms with van der Waals surface area (Å²) in [6.07, 6.45) is 2.51. The highest BCUT2D eigenvalue weighted by Crippen LogP contribution is 2.33. The molecule has 1 aliphatic heterocycles. The normalized spacial score (nSPS) is 20.1. The number of hydrogen-bond donors (Lipinski definition) is 1. The van der Waals surface area contributed by atoms with Gasteiger partial charge >= 0.3 is 0 Å². The van der Waals surface area contributed by atoms with Crippen LogP contribution < -0.4 is 5.32 Å². The van der Waals surface area contributed by atoms with Crippen molar-refractivity contribution in [1.29, 1.82) is 0 Å². The fraction of sp³-hybridized carbons (Fsp3) is 0.520. The van der Waals surface area contributed by atoms with Gasteiger partial charge in [0.1, 0.15) is 6.17 Å². The summed E-state index contributed by atoms with van der Waals surface area (Å²) in [6.45, 7) is 9.92. The van der Waals surface area contributed by atoms with E-state index in [1.54, 1.807) is 7.05 Å². The number of halogens is 1. The van der Waals surface area contributed by atoms with Crippen LogP contribution in [0, 0.1) is 12.3 Å². The number of rotatable bonds is 5. The Morgan fingerprint density at radius 1 is 1.24 bits per heavy atom. The van der Waals surface area contributed by atoms with Gasteiger partial charge in [0.25, 0.3) is 0 Å². The minimum atomic E-state index is -0.948. The van der Waals surface area contributed by atoms with Gasteiger partial charge in [0.2, 0.25) is 5.95 Å². The summed E-state index contributed by atoms with van der Waals surface area (Å²) in [7, 11) is 3.63. The Morgan fingerprint density at radius 3 is 2.70 bits per heavy atom. The number of aryl methyl sites for hydroxylation is 1. The van der Waals surface area contributed by atoms with Crippen molar-refractivity contribution in [1.82, 2.24) is 19.5 Å². The SMILES string of the molecule is CN=Nc1ccc(-c2ccn3nc(NC4CCN(C)CC4F)nc(CC(C)(C)C)c23)cc1C. The van der Waals surface area contributed by atoms with Crippen molar-refractivity contribution < 1.29 is 4.39 Å². The molecule has 8 heteroatoms. The molecule has 7 nitrogen and oxygen atoms in total. The van der Waals surface area contributed by atoms with Gasteiger partial charge in [0.05, 0.1) is 22.9 Å². The van der Waals surface area contributed by atoms with E-state index in [4.69, 9.17) is 10.1 Å². The maximum absolute atomic E-state index is 14.6. The molecular weight excluding hydrogens is 417 g/mol. The molecular formula is C25H34FN7. The molecule has 3 heterocycles. The maximum atomic E-state index is 14.6. The Hall–Kier alpha value is -2.87. The van der Waals surface area contributed by atoms with Crippen molar-refractivity contribution in [2.45, 2.75) is 52.8 Å². The van der Waals surface area contributed by atoms with E-state index in [1.165, 1.54) is 0 Å². The Kier molecular flexibility index (Phi) is 6.47. The van der Waals surface area contributed by atoms with Gasteiger partial charge in [0, 0.05) is 31.9 Å². The van der Waals surface area contributed by atoms with Crippen LogP contribution in [-0.4, -0.2) is 58.9 Å². The van der Waals surface area contributed by atoms with Gasteiger partial charge in [0.15, 0.2) is 0 Å². The summed E-state index contributed by atoms with van der Waals surface area (Å²) < 4.78 is 16.5. The quantitative estimate of drug-likeness (QED) is 0.523. The minimum absolute atomic E-state index is 0.0329. The van der Waals surface area contributed by atoms with E-state index >= 15 is 0 Å². The standard InChI is InChI=1S/C25H34FN7/c1-16-13-17(7-8-20(16)30-27-5)18-9-12-33-23(18)22(14-25(2,3)4)29-24(31-33)28-21-10-11-32(6)15-19(21)26/h7-9,12-13,19,21H,10-11,14-15H2,1-6H3,(H,28,31). The molecule has 2 unspecified atom stereocenters. The minimum Gasteiger partial charge on any atom is -0.347 e. The lowest BCUT2D eigenvalue weighted by atomic mass is 9.89. The molecule has 0 spiro atoms. The van der Waals surface area contributed by atoms with E-state index in [0.717, 1.165) is 53.0 Å². The van der Waals surface area contributed by atoms with E-state index < -0.39 is 6.17 Å². The molecule has 176 valence electrons. The second-order valence-corrected chi connectivity index (χ2v) is 10.3. The van der Waals surface area contributed by atoms with Crippen LogP contribution in [-0.2, 0) is 6.42 Å². The van der Waals surface area contributed by atoms with Crippen LogP contribution in [0.3, 0.4) is 0 Å². The van der Waals surface area contributed by atoms with Gasteiger partial charge in [-0.25, -0.2) is 13.9 Å². The first-order valence-corrected chi connectivity index (χ1v) is 11.5. The van der Waals surface area contributed by atoms with Crippen molar-refractivity contribution in [3.05, 3.63) is 41.7 Å². The monoisotopic (exact) mass is 451 g/mol. The third-order valence-corrected chi connectivity index (χ3v) is 6.06. The van der Waals surface area contributed by atoms with Gasteiger partial charge in [-0.3, -0.25) is 0 Å². The molecule has 1 fully saturated rings. The summed E-state index contributed by atoms with van der Waals surface area (Å²) >= 11 is 0. The van der Waals surface area contributed by atoms with E-state index in [-0.39, 0.29) is 11.5 Å². The lowest BCUT2D eigenvalue weighted by molar-refractivity contribution is 0.149. The molecule has 33 heavy (non-hydrogen) atoms. The molecule has 0 radical (unpaired) electrons. The Labute approximate surface area is 195 Å². The number of hydrogen-bond acceptors (Lipinski definition) is 6. The van der Waals surface area contributed by atoms with Crippen LogP contribution in [0.5, 0.6) is 0 Å². The molecule has 0 amide bonds. The number of azo groups is 1. The predicted molar refractivity (Wildman–Crippen MR) is 131 cm³/mol. The molecule has 0 saturated carbocycles. The van der Waals surface area contributed by atoms with E-state index in [0.29, 0.717) is 12.5 Å².